The number of nitrogens with zero attached hydrogens (tertiary/aromatic N) is 1. The van der Waals surface area contributed by atoms with E-state index < -0.39 is 10.0 Å². The topological polar surface area (TPSA) is 71.1 Å². The van der Waals surface area contributed by atoms with Crippen molar-refractivity contribution in [1.82, 2.24) is 9.71 Å². The number of pyridine rings is 1. The van der Waals surface area contributed by atoms with Crippen LogP contribution in [0.3, 0.4) is 0 Å². The summed E-state index contributed by atoms with van der Waals surface area (Å²) in [6.07, 6.45) is 1.69. The Balaban J connectivity index is 2.49. The standard InChI is InChI=1S/C10H16BrN3O2S/c1-3-14-17(15,16)5-4-12-10-6-8(2)9(11)7-13-10/h6-7,14H,3-5H2,1-2H3,(H,12,13). The van der Waals surface area contributed by atoms with E-state index in [0.717, 1.165) is 10.0 Å². The van der Waals surface area contributed by atoms with Gasteiger partial charge in [-0.2, -0.15) is 0 Å². The van der Waals surface area contributed by atoms with Crippen LogP contribution in [0.4, 0.5) is 5.82 Å². The van der Waals surface area contributed by atoms with E-state index in [1.165, 1.54) is 0 Å². The first-order valence-corrected chi connectivity index (χ1v) is 7.72. The molecule has 1 aromatic rings. The Morgan fingerprint density at radius 1 is 1.47 bits per heavy atom. The van der Waals surface area contributed by atoms with Crippen molar-refractivity contribution in [2.75, 3.05) is 24.2 Å². The number of nitrogens with one attached hydrogen (secondary N) is 2. The molecule has 96 valence electrons. The molecule has 0 aliphatic carbocycles. The first-order valence-electron chi connectivity index (χ1n) is 5.28. The first-order chi connectivity index (χ1) is 7.94. The highest BCUT2D eigenvalue weighted by Gasteiger charge is 2.07. The number of halogens is 1. The van der Waals surface area contributed by atoms with Crippen LogP contribution < -0.4 is 10.0 Å². The molecular weight excluding hydrogens is 306 g/mol. The molecule has 0 aromatic carbocycles. The summed E-state index contributed by atoms with van der Waals surface area (Å²) in [6, 6.07) is 1.87. The minimum Gasteiger partial charge on any atom is -0.369 e. The Morgan fingerprint density at radius 2 is 2.18 bits per heavy atom. The van der Waals surface area contributed by atoms with Crippen molar-refractivity contribution in [1.29, 1.82) is 0 Å². The fraction of sp³-hybridized carbons (Fsp3) is 0.500. The number of hydrogen-bond donors (Lipinski definition) is 2. The zero-order chi connectivity index (χ0) is 12.9. The van der Waals surface area contributed by atoms with Crippen LogP contribution >= 0.6 is 15.9 Å². The first kappa shape index (κ1) is 14.4. The van der Waals surface area contributed by atoms with Gasteiger partial charge >= 0.3 is 0 Å². The van der Waals surface area contributed by atoms with Crippen LogP contribution in [0.1, 0.15) is 12.5 Å². The third kappa shape index (κ3) is 5.01. The second-order valence-electron chi connectivity index (χ2n) is 3.56. The van der Waals surface area contributed by atoms with E-state index in [4.69, 9.17) is 0 Å². The third-order valence-corrected chi connectivity index (χ3v) is 4.39. The number of anilines is 1. The largest absolute Gasteiger partial charge is 0.369 e. The predicted molar refractivity (Wildman–Crippen MR) is 72.6 cm³/mol. The van der Waals surface area contributed by atoms with Crippen LogP contribution in [0.25, 0.3) is 0 Å². The van der Waals surface area contributed by atoms with Gasteiger partial charge in [-0.15, -0.1) is 0 Å². The molecular formula is C10H16BrN3O2S. The lowest BCUT2D eigenvalue weighted by atomic mass is 10.3. The van der Waals surface area contributed by atoms with E-state index >= 15 is 0 Å². The fourth-order valence-corrected chi connectivity index (χ4v) is 2.41. The van der Waals surface area contributed by atoms with Crippen LogP contribution in [-0.2, 0) is 10.0 Å². The minimum absolute atomic E-state index is 0.0393. The lowest BCUT2D eigenvalue weighted by Crippen LogP contribution is -2.29. The number of sulfonamides is 1. The van der Waals surface area contributed by atoms with Crippen molar-refractivity contribution in [3.8, 4) is 0 Å². The summed E-state index contributed by atoms with van der Waals surface area (Å²) in [5.74, 6) is 0.717. The van der Waals surface area contributed by atoms with Gasteiger partial charge in [0.05, 0.1) is 5.75 Å². The summed E-state index contributed by atoms with van der Waals surface area (Å²) in [7, 11) is -3.17. The molecule has 2 N–H and O–H groups in total. The SMILES string of the molecule is CCNS(=O)(=O)CCNc1cc(C)c(Br)cn1. The summed E-state index contributed by atoms with van der Waals surface area (Å²) >= 11 is 3.35. The van der Waals surface area contributed by atoms with Crippen LogP contribution in [0.15, 0.2) is 16.7 Å². The van der Waals surface area contributed by atoms with Gasteiger partial charge in [-0.3, -0.25) is 0 Å². The molecule has 1 aromatic heterocycles. The molecule has 0 saturated heterocycles. The zero-order valence-corrected chi connectivity index (χ0v) is 12.2. The molecule has 0 bridgehead atoms. The average Bonchev–Trinajstić information content (AvgIpc) is 2.23. The van der Waals surface area contributed by atoms with Gasteiger partial charge in [0.15, 0.2) is 0 Å². The molecule has 0 atom stereocenters. The second-order valence-corrected chi connectivity index (χ2v) is 6.34. The lowest BCUT2D eigenvalue weighted by Gasteiger charge is -2.08. The molecule has 0 saturated carbocycles. The number of hydrogen-bond acceptors (Lipinski definition) is 4. The average molecular weight is 322 g/mol. The Kier molecular flexibility index (Phi) is 5.35. The molecule has 1 heterocycles. The van der Waals surface area contributed by atoms with Crippen molar-refractivity contribution in [3.63, 3.8) is 0 Å². The Hall–Kier alpha value is -0.660. The summed E-state index contributed by atoms with van der Waals surface area (Å²) in [4.78, 5) is 4.13. The molecule has 0 aliphatic rings. The number of aryl methyl sites for hydroxylation is 1. The van der Waals surface area contributed by atoms with Gasteiger partial charge < -0.3 is 5.32 Å². The van der Waals surface area contributed by atoms with E-state index in [-0.39, 0.29) is 5.75 Å². The monoisotopic (exact) mass is 321 g/mol. The van der Waals surface area contributed by atoms with Crippen molar-refractivity contribution >= 4 is 31.8 Å². The molecule has 1 rings (SSSR count). The highest BCUT2D eigenvalue weighted by atomic mass is 79.9. The van der Waals surface area contributed by atoms with Crippen LogP contribution in [0.5, 0.6) is 0 Å². The third-order valence-electron chi connectivity index (χ3n) is 2.09. The molecule has 0 spiro atoms. The van der Waals surface area contributed by atoms with Crippen molar-refractivity contribution in [3.05, 3.63) is 22.3 Å². The maximum atomic E-state index is 11.4. The molecule has 17 heavy (non-hydrogen) atoms. The molecule has 7 heteroatoms. The van der Waals surface area contributed by atoms with Crippen LogP contribution in [0.2, 0.25) is 0 Å². The highest BCUT2D eigenvalue weighted by Crippen LogP contribution is 2.16. The Labute approximate surface area is 110 Å². The van der Waals surface area contributed by atoms with Crippen molar-refractivity contribution in [2.45, 2.75) is 13.8 Å². The van der Waals surface area contributed by atoms with Gasteiger partial charge in [0, 0.05) is 23.8 Å². The maximum absolute atomic E-state index is 11.4. The van der Waals surface area contributed by atoms with Gasteiger partial charge in [-0.1, -0.05) is 6.92 Å². The lowest BCUT2D eigenvalue weighted by molar-refractivity contribution is 0.584. The van der Waals surface area contributed by atoms with Crippen molar-refractivity contribution < 1.29 is 8.42 Å². The summed E-state index contributed by atoms with van der Waals surface area (Å²) in [6.45, 7) is 4.46. The van der Waals surface area contributed by atoms with Gasteiger partial charge in [0.25, 0.3) is 0 Å². The summed E-state index contributed by atoms with van der Waals surface area (Å²) in [5, 5.41) is 2.98. The van der Waals surface area contributed by atoms with Gasteiger partial charge in [-0.05, 0) is 34.5 Å². The zero-order valence-electron chi connectivity index (χ0n) is 9.83. The maximum Gasteiger partial charge on any atom is 0.213 e. The van der Waals surface area contributed by atoms with Crippen LogP contribution in [0, 0.1) is 6.92 Å². The van der Waals surface area contributed by atoms with Crippen LogP contribution in [-0.4, -0.2) is 32.2 Å². The molecule has 0 amide bonds. The molecule has 0 unspecified atom stereocenters. The second kappa shape index (κ2) is 6.32. The number of aromatic nitrogens is 1. The molecule has 5 nitrogen and oxygen atoms in total. The summed E-state index contributed by atoms with van der Waals surface area (Å²) < 4.78 is 26.1. The van der Waals surface area contributed by atoms with E-state index in [1.54, 1.807) is 13.1 Å². The smallest absolute Gasteiger partial charge is 0.213 e. The quantitative estimate of drug-likeness (QED) is 0.833. The van der Waals surface area contributed by atoms with Crippen molar-refractivity contribution in [2.24, 2.45) is 0 Å². The van der Waals surface area contributed by atoms with Gasteiger partial charge in [-0.25, -0.2) is 18.1 Å². The highest BCUT2D eigenvalue weighted by molar-refractivity contribution is 9.10. The molecule has 0 radical (unpaired) electrons. The minimum atomic E-state index is -3.17. The Morgan fingerprint density at radius 3 is 2.76 bits per heavy atom. The Bertz CT molecular complexity index is 476. The van der Waals surface area contributed by atoms with Gasteiger partial charge in [0.2, 0.25) is 10.0 Å². The molecule has 0 fully saturated rings. The van der Waals surface area contributed by atoms with E-state index in [0.29, 0.717) is 18.9 Å². The normalized spacial score (nSPS) is 11.5. The number of rotatable bonds is 6. The predicted octanol–water partition coefficient (Wildman–Crippen LogP) is 1.50. The molecule has 0 aliphatic heterocycles. The summed E-state index contributed by atoms with van der Waals surface area (Å²) in [5.41, 5.74) is 1.05. The van der Waals surface area contributed by atoms with E-state index in [2.05, 4.69) is 31.0 Å². The fourth-order valence-electron chi connectivity index (χ4n) is 1.24. The van der Waals surface area contributed by atoms with E-state index in [9.17, 15) is 8.42 Å². The van der Waals surface area contributed by atoms with E-state index in [1.807, 2.05) is 13.0 Å². The van der Waals surface area contributed by atoms with Gasteiger partial charge in [0.1, 0.15) is 5.82 Å².